The van der Waals surface area contributed by atoms with Gasteiger partial charge in [-0.25, -0.2) is 4.39 Å². The predicted octanol–water partition coefficient (Wildman–Crippen LogP) is 2.59. The number of methoxy groups -OCH3 is 1. The van der Waals surface area contributed by atoms with Crippen molar-refractivity contribution in [1.29, 1.82) is 0 Å². The number of halogens is 1. The molecular weight excluding hydrogens is 325 g/mol. The van der Waals surface area contributed by atoms with Crippen LogP contribution in [0, 0.1) is 11.2 Å². The molecule has 2 aliphatic rings. The second kappa shape index (κ2) is 6.75. The van der Waals surface area contributed by atoms with Gasteiger partial charge < -0.3 is 14.7 Å². The van der Waals surface area contributed by atoms with Gasteiger partial charge in [-0.05, 0) is 25.3 Å². The predicted molar refractivity (Wildman–Crippen MR) is 89.7 cm³/mol. The highest BCUT2D eigenvalue weighted by Crippen LogP contribution is 2.45. The minimum Gasteiger partial charge on any atom is -0.481 e. The van der Waals surface area contributed by atoms with Gasteiger partial charge in [-0.2, -0.15) is 0 Å². The van der Waals surface area contributed by atoms with Crippen molar-refractivity contribution in [2.24, 2.45) is 5.41 Å². The fourth-order valence-electron chi connectivity index (χ4n) is 4.41. The first-order valence-corrected chi connectivity index (χ1v) is 8.72. The highest BCUT2D eigenvalue weighted by molar-refractivity contribution is 5.90. The van der Waals surface area contributed by atoms with E-state index in [1.54, 1.807) is 23.1 Å². The third-order valence-corrected chi connectivity index (χ3v) is 5.77. The van der Waals surface area contributed by atoms with Crippen LogP contribution in [-0.2, 0) is 19.7 Å². The van der Waals surface area contributed by atoms with E-state index >= 15 is 0 Å². The standard InChI is InChI=1S/C19H24FNO4/c1-25-13-18(17(23)24)10-11-21(12-18)16(22)19(8-4-5-9-19)14-6-2-3-7-15(14)20/h2-3,6-7H,4-5,8-13H2,1H3,(H,23,24). The largest absolute Gasteiger partial charge is 0.481 e. The monoisotopic (exact) mass is 349 g/mol. The lowest BCUT2D eigenvalue weighted by Gasteiger charge is -2.34. The Balaban J connectivity index is 1.91. The van der Waals surface area contributed by atoms with Gasteiger partial charge in [0.2, 0.25) is 5.91 Å². The van der Waals surface area contributed by atoms with Crippen molar-refractivity contribution in [3.8, 4) is 0 Å². The zero-order chi connectivity index (χ0) is 18.1. The molecule has 6 heteroatoms. The van der Waals surface area contributed by atoms with Crippen LogP contribution in [0.25, 0.3) is 0 Å². The summed E-state index contributed by atoms with van der Waals surface area (Å²) in [5.41, 5.74) is -1.50. The van der Waals surface area contributed by atoms with Crippen molar-refractivity contribution in [3.05, 3.63) is 35.6 Å². The Morgan fingerprint density at radius 2 is 1.92 bits per heavy atom. The van der Waals surface area contributed by atoms with E-state index in [0.717, 1.165) is 12.8 Å². The number of amides is 1. The zero-order valence-electron chi connectivity index (χ0n) is 14.5. The highest BCUT2D eigenvalue weighted by atomic mass is 19.1. The number of ether oxygens (including phenoxy) is 1. The number of benzene rings is 1. The summed E-state index contributed by atoms with van der Waals surface area (Å²) >= 11 is 0. The van der Waals surface area contributed by atoms with Crippen molar-refractivity contribution < 1.29 is 23.8 Å². The molecule has 0 aromatic heterocycles. The van der Waals surface area contributed by atoms with Crippen LogP contribution >= 0.6 is 0 Å². The zero-order valence-corrected chi connectivity index (χ0v) is 14.5. The summed E-state index contributed by atoms with van der Waals surface area (Å²) in [7, 11) is 1.47. The molecule has 1 N–H and O–H groups in total. The van der Waals surface area contributed by atoms with Gasteiger partial charge in [0.25, 0.3) is 0 Å². The minimum atomic E-state index is -1.07. The summed E-state index contributed by atoms with van der Waals surface area (Å²) in [5.74, 6) is -1.45. The van der Waals surface area contributed by atoms with Gasteiger partial charge in [0.05, 0.1) is 12.0 Å². The quantitative estimate of drug-likeness (QED) is 0.887. The Labute approximate surface area is 146 Å². The van der Waals surface area contributed by atoms with E-state index in [2.05, 4.69) is 0 Å². The molecule has 1 aliphatic heterocycles. The van der Waals surface area contributed by atoms with Gasteiger partial charge in [0, 0.05) is 25.8 Å². The summed E-state index contributed by atoms with van der Waals surface area (Å²) in [6.45, 7) is 0.550. The second-order valence-electron chi connectivity index (χ2n) is 7.26. The number of carbonyl (C=O) groups is 2. The number of carbonyl (C=O) groups excluding carboxylic acids is 1. The lowest BCUT2D eigenvalue weighted by Crippen LogP contribution is -2.47. The summed E-state index contributed by atoms with van der Waals surface area (Å²) in [6.07, 6.45) is 3.31. The number of likely N-dealkylation sites (tertiary alicyclic amines) is 1. The summed E-state index contributed by atoms with van der Waals surface area (Å²) in [4.78, 5) is 26.7. The molecule has 1 heterocycles. The number of hydrogen-bond acceptors (Lipinski definition) is 3. The number of aliphatic carboxylic acids is 1. The first kappa shape index (κ1) is 17.9. The fraction of sp³-hybridized carbons (Fsp3) is 0.579. The van der Waals surface area contributed by atoms with E-state index < -0.39 is 16.8 Å². The maximum atomic E-state index is 14.4. The minimum absolute atomic E-state index is 0.0683. The first-order chi connectivity index (χ1) is 11.9. The van der Waals surface area contributed by atoms with Gasteiger partial charge in [-0.1, -0.05) is 31.0 Å². The van der Waals surface area contributed by atoms with Crippen molar-refractivity contribution in [2.75, 3.05) is 26.8 Å². The Bertz CT molecular complexity index is 671. The van der Waals surface area contributed by atoms with Crippen molar-refractivity contribution >= 4 is 11.9 Å². The number of nitrogens with zero attached hydrogens (tertiary/aromatic N) is 1. The van der Waals surface area contributed by atoms with Crippen LogP contribution in [0.1, 0.15) is 37.7 Å². The maximum Gasteiger partial charge on any atom is 0.313 e. The SMILES string of the molecule is COCC1(C(=O)O)CCN(C(=O)C2(c3ccccc3F)CCCC2)C1. The highest BCUT2D eigenvalue weighted by Gasteiger charge is 2.52. The lowest BCUT2D eigenvalue weighted by molar-refractivity contribution is -0.152. The van der Waals surface area contributed by atoms with E-state index in [1.807, 2.05) is 0 Å². The molecule has 1 amide bonds. The Morgan fingerprint density at radius 1 is 1.24 bits per heavy atom. The number of hydrogen-bond donors (Lipinski definition) is 1. The van der Waals surface area contributed by atoms with Gasteiger partial charge in [-0.3, -0.25) is 9.59 Å². The van der Waals surface area contributed by atoms with Crippen LogP contribution in [-0.4, -0.2) is 48.7 Å². The molecule has 1 atom stereocenters. The molecule has 2 fully saturated rings. The Hall–Kier alpha value is -1.95. The van der Waals surface area contributed by atoms with Crippen LogP contribution in [0.4, 0.5) is 4.39 Å². The summed E-state index contributed by atoms with van der Waals surface area (Å²) in [6, 6.07) is 6.45. The van der Waals surface area contributed by atoms with Gasteiger partial charge in [-0.15, -0.1) is 0 Å². The average molecular weight is 349 g/mol. The average Bonchev–Trinajstić information content (AvgIpc) is 3.24. The topological polar surface area (TPSA) is 66.8 Å². The third-order valence-electron chi connectivity index (χ3n) is 5.77. The third kappa shape index (κ3) is 2.92. The molecule has 3 rings (SSSR count). The maximum absolute atomic E-state index is 14.4. The lowest BCUT2D eigenvalue weighted by atomic mass is 9.77. The molecule has 136 valence electrons. The molecule has 0 radical (unpaired) electrons. The van der Waals surface area contributed by atoms with Crippen LogP contribution in [0.2, 0.25) is 0 Å². The second-order valence-corrected chi connectivity index (χ2v) is 7.26. The Morgan fingerprint density at radius 3 is 2.52 bits per heavy atom. The van der Waals surface area contributed by atoms with E-state index in [4.69, 9.17) is 4.74 Å². The summed E-state index contributed by atoms with van der Waals surface area (Å²) in [5, 5.41) is 9.61. The molecular formula is C19H24FNO4. The van der Waals surface area contributed by atoms with Crippen LogP contribution in [0.3, 0.4) is 0 Å². The molecule has 1 saturated carbocycles. The van der Waals surface area contributed by atoms with E-state index in [-0.39, 0.29) is 24.9 Å². The fourth-order valence-corrected chi connectivity index (χ4v) is 4.41. The molecule has 5 nitrogen and oxygen atoms in total. The van der Waals surface area contributed by atoms with Crippen molar-refractivity contribution in [1.82, 2.24) is 4.90 Å². The van der Waals surface area contributed by atoms with Gasteiger partial charge in [0.15, 0.2) is 0 Å². The van der Waals surface area contributed by atoms with Crippen LogP contribution in [0.5, 0.6) is 0 Å². The van der Waals surface area contributed by atoms with Crippen LogP contribution in [0.15, 0.2) is 24.3 Å². The first-order valence-electron chi connectivity index (χ1n) is 8.72. The number of carboxylic acids is 1. The molecule has 1 unspecified atom stereocenters. The molecule has 1 aromatic carbocycles. The molecule has 0 spiro atoms. The van der Waals surface area contributed by atoms with E-state index in [9.17, 15) is 19.1 Å². The summed E-state index contributed by atoms with van der Waals surface area (Å²) < 4.78 is 19.5. The van der Waals surface area contributed by atoms with Gasteiger partial charge >= 0.3 is 5.97 Å². The van der Waals surface area contributed by atoms with Crippen LogP contribution < -0.4 is 0 Å². The van der Waals surface area contributed by atoms with Crippen molar-refractivity contribution in [3.63, 3.8) is 0 Å². The van der Waals surface area contributed by atoms with Crippen molar-refractivity contribution in [2.45, 2.75) is 37.5 Å². The van der Waals surface area contributed by atoms with E-state index in [0.29, 0.717) is 31.4 Å². The molecule has 0 bridgehead atoms. The molecule has 1 aliphatic carbocycles. The van der Waals surface area contributed by atoms with Gasteiger partial charge in [0.1, 0.15) is 11.2 Å². The normalized spacial score (nSPS) is 25.3. The smallest absolute Gasteiger partial charge is 0.313 e. The molecule has 1 aromatic rings. The molecule has 1 saturated heterocycles. The van der Waals surface area contributed by atoms with E-state index in [1.165, 1.54) is 13.2 Å². The number of rotatable bonds is 5. The Kier molecular flexibility index (Phi) is 4.82. The number of carboxylic acid groups (broad SMARTS) is 1. The molecule has 25 heavy (non-hydrogen) atoms.